The largest absolute Gasteiger partial charge is 0.368 e. The molecule has 0 bridgehead atoms. The van der Waals surface area contributed by atoms with Crippen molar-refractivity contribution in [1.82, 2.24) is 4.90 Å². The van der Waals surface area contributed by atoms with Crippen LogP contribution < -0.4 is 11.5 Å². The van der Waals surface area contributed by atoms with E-state index < -0.39 is 36.7 Å². The molecule has 15 heavy (non-hydrogen) atoms. The molecule has 0 aromatic carbocycles. The van der Waals surface area contributed by atoms with Crippen LogP contribution in [0.15, 0.2) is 0 Å². The normalized spacial score (nSPS) is 11.2. The molecule has 0 saturated heterocycles. The average molecular weight is 212 g/mol. The summed E-state index contributed by atoms with van der Waals surface area (Å²) < 4.78 is 0. The summed E-state index contributed by atoms with van der Waals surface area (Å²) in [6.45, 7) is 0.513. The SMILES string of the molecule is CC(C#N)C(=O)N(CC(N)=O)CC(N)=O. The number of primary amides is 2. The van der Waals surface area contributed by atoms with Crippen LogP contribution in [0.4, 0.5) is 0 Å². The number of carbonyl (C=O) groups is 3. The van der Waals surface area contributed by atoms with E-state index in [1.165, 1.54) is 6.92 Å². The van der Waals surface area contributed by atoms with Crippen LogP contribution in [0.3, 0.4) is 0 Å². The Kier molecular flexibility index (Phi) is 4.81. The molecule has 0 aromatic heterocycles. The Morgan fingerprint density at radius 1 is 1.27 bits per heavy atom. The van der Waals surface area contributed by atoms with Gasteiger partial charge in [0.05, 0.1) is 19.2 Å². The van der Waals surface area contributed by atoms with Crippen LogP contribution in [0.1, 0.15) is 6.92 Å². The van der Waals surface area contributed by atoms with Gasteiger partial charge >= 0.3 is 0 Å². The summed E-state index contributed by atoms with van der Waals surface area (Å²) in [5, 5.41) is 8.49. The number of nitriles is 1. The van der Waals surface area contributed by atoms with Gasteiger partial charge in [-0.1, -0.05) is 0 Å². The zero-order valence-corrected chi connectivity index (χ0v) is 8.27. The van der Waals surface area contributed by atoms with Crippen molar-refractivity contribution in [2.45, 2.75) is 6.92 Å². The van der Waals surface area contributed by atoms with Gasteiger partial charge in [0.25, 0.3) is 0 Å². The fraction of sp³-hybridized carbons (Fsp3) is 0.500. The Morgan fingerprint density at radius 2 is 1.67 bits per heavy atom. The topological polar surface area (TPSA) is 130 Å². The van der Waals surface area contributed by atoms with Crippen LogP contribution in [0.2, 0.25) is 0 Å². The zero-order chi connectivity index (χ0) is 12.0. The number of nitrogens with two attached hydrogens (primary N) is 2. The first-order valence-corrected chi connectivity index (χ1v) is 4.13. The van der Waals surface area contributed by atoms with Crippen molar-refractivity contribution in [1.29, 1.82) is 5.26 Å². The molecule has 3 amide bonds. The van der Waals surface area contributed by atoms with Crippen molar-refractivity contribution in [2.24, 2.45) is 17.4 Å². The molecule has 0 rings (SSSR count). The lowest BCUT2D eigenvalue weighted by molar-refractivity contribution is -0.139. The molecular formula is C8H12N4O3. The molecule has 1 unspecified atom stereocenters. The van der Waals surface area contributed by atoms with Crippen molar-refractivity contribution < 1.29 is 14.4 Å². The number of nitrogens with zero attached hydrogens (tertiary/aromatic N) is 2. The summed E-state index contributed by atoms with van der Waals surface area (Å²) in [6, 6.07) is 1.70. The molecule has 0 spiro atoms. The quantitative estimate of drug-likeness (QED) is 0.542. The number of carbonyl (C=O) groups excluding carboxylic acids is 3. The van der Waals surface area contributed by atoms with E-state index in [0.29, 0.717) is 0 Å². The smallest absolute Gasteiger partial charge is 0.240 e. The van der Waals surface area contributed by atoms with Crippen LogP contribution >= 0.6 is 0 Å². The van der Waals surface area contributed by atoms with Gasteiger partial charge in [-0.05, 0) is 6.92 Å². The minimum atomic E-state index is -0.941. The molecule has 82 valence electrons. The molecule has 0 aliphatic carbocycles. The van der Waals surface area contributed by atoms with E-state index >= 15 is 0 Å². The standard InChI is InChI=1S/C8H12N4O3/c1-5(2-9)8(15)12(3-6(10)13)4-7(11)14/h5H,3-4H2,1H3,(H2,10,13)(H2,11,14). The van der Waals surface area contributed by atoms with Crippen molar-refractivity contribution in [3.63, 3.8) is 0 Å². The lowest BCUT2D eigenvalue weighted by Crippen LogP contribution is -2.45. The minimum Gasteiger partial charge on any atom is -0.368 e. The molecule has 0 radical (unpaired) electrons. The lowest BCUT2D eigenvalue weighted by atomic mass is 10.2. The monoisotopic (exact) mass is 212 g/mol. The van der Waals surface area contributed by atoms with Crippen molar-refractivity contribution in [2.75, 3.05) is 13.1 Å². The Bertz CT molecular complexity index is 304. The summed E-state index contributed by atoms with van der Waals surface area (Å²) in [5.74, 6) is -3.12. The highest BCUT2D eigenvalue weighted by Gasteiger charge is 2.22. The highest BCUT2D eigenvalue weighted by molar-refractivity contribution is 5.89. The number of hydrogen-bond acceptors (Lipinski definition) is 4. The molecule has 4 N–H and O–H groups in total. The predicted molar refractivity (Wildman–Crippen MR) is 49.7 cm³/mol. The summed E-state index contributed by atoms with van der Waals surface area (Å²) in [5.41, 5.74) is 9.76. The first-order valence-electron chi connectivity index (χ1n) is 4.13. The molecule has 7 heteroatoms. The summed E-state index contributed by atoms with van der Waals surface area (Å²) >= 11 is 0. The first-order chi connectivity index (χ1) is 6.88. The summed E-state index contributed by atoms with van der Waals surface area (Å²) in [6.07, 6.45) is 0. The van der Waals surface area contributed by atoms with E-state index in [2.05, 4.69) is 0 Å². The fourth-order valence-corrected chi connectivity index (χ4v) is 0.917. The van der Waals surface area contributed by atoms with Crippen LogP contribution in [0.5, 0.6) is 0 Å². The Balaban J connectivity index is 4.63. The Labute approximate surface area is 86.6 Å². The van der Waals surface area contributed by atoms with Crippen LogP contribution in [0, 0.1) is 17.2 Å². The minimum absolute atomic E-state index is 0.423. The maximum absolute atomic E-state index is 11.4. The molecule has 0 fully saturated rings. The zero-order valence-electron chi connectivity index (χ0n) is 8.27. The molecule has 0 aliphatic rings. The van der Waals surface area contributed by atoms with Crippen LogP contribution in [0.25, 0.3) is 0 Å². The molecular weight excluding hydrogens is 200 g/mol. The third-order valence-corrected chi connectivity index (χ3v) is 1.57. The Hall–Kier alpha value is -2.10. The second-order valence-electron chi connectivity index (χ2n) is 2.98. The van der Waals surface area contributed by atoms with Gasteiger partial charge in [-0.15, -0.1) is 0 Å². The van der Waals surface area contributed by atoms with Gasteiger partial charge in [0, 0.05) is 0 Å². The fourth-order valence-electron chi connectivity index (χ4n) is 0.917. The average Bonchev–Trinajstić information content (AvgIpc) is 2.13. The Morgan fingerprint density at radius 3 is 1.93 bits per heavy atom. The number of rotatable bonds is 5. The summed E-state index contributed by atoms with van der Waals surface area (Å²) in [7, 11) is 0. The van der Waals surface area contributed by atoms with E-state index in [-0.39, 0.29) is 0 Å². The maximum Gasteiger partial charge on any atom is 0.240 e. The van der Waals surface area contributed by atoms with E-state index in [4.69, 9.17) is 16.7 Å². The molecule has 7 nitrogen and oxygen atoms in total. The highest BCUT2D eigenvalue weighted by atomic mass is 16.2. The van der Waals surface area contributed by atoms with Gasteiger partial charge in [0.1, 0.15) is 5.92 Å². The molecule has 0 heterocycles. The van der Waals surface area contributed by atoms with Gasteiger partial charge < -0.3 is 16.4 Å². The third-order valence-electron chi connectivity index (χ3n) is 1.57. The second kappa shape index (κ2) is 5.59. The van der Waals surface area contributed by atoms with Crippen molar-refractivity contribution in [3.05, 3.63) is 0 Å². The van der Waals surface area contributed by atoms with Crippen molar-refractivity contribution >= 4 is 17.7 Å². The number of amides is 3. The first kappa shape index (κ1) is 12.9. The van der Waals surface area contributed by atoms with E-state index in [1.807, 2.05) is 0 Å². The molecule has 1 atom stereocenters. The molecule has 0 aliphatic heterocycles. The van der Waals surface area contributed by atoms with Gasteiger partial charge in [-0.3, -0.25) is 14.4 Å². The lowest BCUT2D eigenvalue weighted by Gasteiger charge is -2.20. The van der Waals surface area contributed by atoms with Gasteiger partial charge in [-0.25, -0.2) is 0 Å². The van der Waals surface area contributed by atoms with Gasteiger partial charge in [0.15, 0.2) is 0 Å². The van der Waals surface area contributed by atoms with Gasteiger partial charge in [0.2, 0.25) is 17.7 Å². The van der Waals surface area contributed by atoms with E-state index in [1.54, 1.807) is 6.07 Å². The van der Waals surface area contributed by atoms with Crippen molar-refractivity contribution in [3.8, 4) is 6.07 Å². The van der Waals surface area contributed by atoms with E-state index in [9.17, 15) is 14.4 Å². The van der Waals surface area contributed by atoms with Crippen LogP contribution in [-0.4, -0.2) is 35.7 Å². The second-order valence-corrected chi connectivity index (χ2v) is 2.98. The maximum atomic E-state index is 11.4. The van der Waals surface area contributed by atoms with E-state index in [0.717, 1.165) is 4.90 Å². The predicted octanol–water partition coefficient (Wildman–Crippen LogP) is -2.05. The third kappa shape index (κ3) is 4.61. The number of hydrogen-bond donors (Lipinski definition) is 2. The van der Waals surface area contributed by atoms with Crippen LogP contribution in [-0.2, 0) is 14.4 Å². The molecule has 0 saturated carbocycles. The molecule has 0 aromatic rings. The summed E-state index contributed by atoms with van der Waals surface area (Å²) in [4.78, 5) is 33.5. The van der Waals surface area contributed by atoms with Gasteiger partial charge in [-0.2, -0.15) is 5.26 Å². The highest BCUT2D eigenvalue weighted by Crippen LogP contribution is 2.00.